The Morgan fingerprint density at radius 1 is 1.39 bits per heavy atom. The maximum Gasteiger partial charge on any atom is 0.220 e. The smallest absolute Gasteiger partial charge is 0.220 e. The van der Waals surface area contributed by atoms with Crippen LogP contribution in [0, 0.1) is 11.7 Å². The number of anilines is 1. The zero-order valence-corrected chi connectivity index (χ0v) is 9.93. The summed E-state index contributed by atoms with van der Waals surface area (Å²) in [6, 6.07) is 4.16. The first kappa shape index (κ1) is 12.5. The molecule has 4 nitrogen and oxygen atoms in total. The van der Waals surface area contributed by atoms with Crippen molar-refractivity contribution in [1.29, 1.82) is 0 Å². The molecule has 1 fully saturated rings. The molecule has 1 aromatic rings. The zero-order chi connectivity index (χ0) is 13.1. The van der Waals surface area contributed by atoms with E-state index in [4.69, 9.17) is 5.73 Å². The van der Waals surface area contributed by atoms with E-state index in [2.05, 4.69) is 0 Å². The molecule has 0 unspecified atom stereocenters. The molecule has 0 aromatic heterocycles. The summed E-state index contributed by atoms with van der Waals surface area (Å²) in [6.07, 6.45) is 1.99. The van der Waals surface area contributed by atoms with Crippen molar-refractivity contribution in [2.75, 3.05) is 18.0 Å². The zero-order valence-electron chi connectivity index (χ0n) is 9.93. The minimum Gasteiger partial charge on any atom is -0.371 e. The predicted octanol–water partition coefficient (Wildman–Crippen LogP) is 1.34. The number of hydrogen-bond donors (Lipinski definition) is 1. The second kappa shape index (κ2) is 5.16. The Labute approximate surface area is 105 Å². The van der Waals surface area contributed by atoms with Crippen molar-refractivity contribution in [3.05, 3.63) is 29.6 Å². The molecule has 1 aromatic carbocycles. The van der Waals surface area contributed by atoms with Crippen LogP contribution in [0.25, 0.3) is 0 Å². The first-order valence-electron chi connectivity index (χ1n) is 5.91. The molecule has 1 aliphatic rings. The number of halogens is 1. The lowest BCUT2D eigenvalue weighted by atomic mass is 9.95. The van der Waals surface area contributed by atoms with E-state index >= 15 is 0 Å². The topological polar surface area (TPSA) is 63.4 Å². The summed E-state index contributed by atoms with van der Waals surface area (Å²) in [5.74, 6) is -0.793. The van der Waals surface area contributed by atoms with E-state index in [9.17, 15) is 14.0 Å². The van der Waals surface area contributed by atoms with Crippen molar-refractivity contribution in [3.63, 3.8) is 0 Å². The average Bonchev–Trinajstić information content (AvgIpc) is 2.38. The molecule has 0 radical (unpaired) electrons. The van der Waals surface area contributed by atoms with Gasteiger partial charge in [-0.05, 0) is 31.0 Å². The number of aldehydes is 1. The number of nitrogens with two attached hydrogens (primary N) is 1. The molecule has 0 aliphatic carbocycles. The Kier molecular flexibility index (Phi) is 3.60. The van der Waals surface area contributed by atoms with Crippen molar-refractivity contribution in [2.45, 2.75) is 12.8 Å². The number of piperidine rings is 1. The minimum atomic E-state index is -0.423. The highest BCUT2D eigenvalue weighted by molar-refractivity contribution is 5.85. The van der Waals surface area contributed by atoms with E-state index in [0.717, 1.165) is 0 Å². The summed E-state index contributed by atoms with van der Waals surface area (Å²) >= 11 is 0. The number of benzene rings is 1. The standard InChI is InChI=1S/C13H15FN2O2/c14-11-1-2-12(10(7-11)8-17)16-5-3-9(4-6-16)13(15)18/h1-2,7-9H,3-6H2,(H2,15,18). The number of carbonyl (C=O) groups excluding carboxylic acids is 2. The molecule has 0 saturated carbocycles. The molecule has 1 saturated heterocycles. The molecule has 0 bridgehead atoms. The summed E-state index contributed by atoms with van der Waals surface area (Å²) in [6.45, 7) is 1.31. The molecule has 18 heavy (non-hydrogen) atoms. The van der Waals surface area contributed by atoms with E-state index in [1.165, 1.54) is 12.1 Å². The monoisotopic (exact) mass is 250 g/mol. The van der Waals surface area contributed by atoms with Crippen molar-refractivity contribution < 1.29 is 14.0 Å². The van der Waals surface area contributed by atoms with Crippen molar-refractivity contribution >= 4 is 17.9 Å². The highest BCUT2D eigenvalue weighted by Gasteiger charge is 2.24. The number of hydrogen-bond acceptors (Lipinski definition) is 3. The van der Waals surface area contributed by atoms with Crippen LogP contribution < -0.4 is 10.6 Å². The van der Waals surface area contributed by atoms with Gasteiger partial charge in [-0.1, -0.05) is 0 Å². The van der Waals surface area contributed by atoms with Gasteiger partial charge < -0.3 is 10.6 Å². The summed E-state index contributed by atoms with van der Waals surface area (Å²) < 4.78 is 13.0. The van der Waals surface area contributed by atoms with Gasteiger partial charge in [0.1, 0.15) is 5.82 Å². The van der Waals surface area contributed by atoms with Gasteiger partial charge in [0, 0.05) is 30.3 Å². The van der Waals surface area contributed by atoms with Gasteiger partial charge in [-0.3, -0.25) is 9.59 Å². The van der Waals surface area contributed by atoms with Gasteiger partial charge in [-0.15, -0.1) is 0 Å². The lowest BCUT2D eigenvalue weighted by Gasteiger charge is -2.33. The highest BCUT2D eigenvalue weighted by atomic mass is 19.1. The molecule has 5 heteroatoms. The number of rotatable bonds is 3. The average molecular weight is 250 g/mol. The fraction of sp³-hybridized carbons (Fsp3) is 0.385. The highest BCUT2D eigenvalue weighted by Crippen LogP contribution is 2.26. The quantitative estimate of drug-likeness (QED) is 0.823. The van der Waals surface area contributed by atoms with Crippen molar-refractivity contribution in [1.82, 2.24) is 0 Å². The van der Waals surface area contributed by atoms with Crippen LogP contribution in [-0.4, -0.2) is 25.3 Å². The molecule has 0 atom stereocenters. The third-order valence-corrected chi connectivity index (χ3v) is 3.35. The first-order chi connectivity index (χ1) is 8.61. The van der Waals surface area contributed by atoms with E-state index in [-0.39, 0.29) is 11.8 Å². The second-order valence-corrected chi connectivity index (χ2v) is 4.48. The lowest BCUT2D eigenvalue weighted by Crippen LogP contribution is -2.38. The van der Waals surface area contributed by atoms with Gasteiger partial charge in [0.25, 0.3) is 0 Å². The van der Waals surface area contributed by atoms with Crippen LogP contribution in [0.3, 0.4) is 0 Å². The number of amides is 1. The molecule has 96 valence electrons. The van der Waals surface area contributed by atoms with Crippen LogP contribution in [-0.2, 0) is 4.79 Å². The summed E-state index contributed by atoms with van der Waals surface area (Å²) in [5.41, 5.74) is 6.32. The van der Waals surface area contributed by atoms with Crippen LogP contribution in [0.4, 0.5) is 10.1 Å². The number of nitrogens with zero attached hydrogens (tertiary/aromatic N) is 1. The SMILES string of the molecule is NC(=O)C1CCN(c2ccc(F)cc2C=O)CC1. The van der Waals surface area contributed by atoms with Gasteiger partial charge in [-0.2, -0.15) is 0 Å². The molecule has 1 heterocycles. The van der Waals surface area contributed by atoms with Crippen LogP contribution >= 0.6 is 0 Å². The Morgan fingerprint density at radius 3 is 2.61 bits per heavy atom. The molecule has 1 amide bonds. The fourth-order valence-electron chi connectivity index (χ4n) is 2.31. The maximum atomic E-state index is 13.0. The van der Waals surface area contributed by atoms with Crippen LogP contribution in [0.2, 0.25) is 0 Å². The third kappa shape index (κ3) is 2.50. The number of carbonyl (C=O) groups is 2. The van der Waals surface area contributed by atoms with Crippen LogP contribution in [0.5, 0.6) is 0 Å². The van der Waals surface area contributed by atoms with E-state index < -0.39 is 5.82 Å². The van der Waals surface area contributed by atoms with Gasteiger partial charge in [0.05, 0.1) is 0 Å². The molecular weight excluding hydrogens is 235 g/mol. The van der Waals surface area contributed by atoms with Crippen molar-refractivity contribution in [2.24, 2.45) is 11.7 Å². The number of primary amides is 1. The molecule has 2 rings (SSSR count). The molecule has 0 spiro atoms. The lowest BCUT2D eigenvalue weighted by molar-refractivity contribution is -0.122. The van der Waals surface area contributed by atoms with Crippen molar-refractivity contribution in [3.8, 4) is 0 Å². The minimum absolute atomic E-state index is 0.0959. The second-order valence-electron chi connectivity index (χ2n) is 4.48. The molecule has 2 N–H and O–H groups in total. The van der Waals surface area contributed by atoms with E-state index in [0.29, 0.717) is 43.5 Å². The summed E-state index contributed by atoms with van der Waals surface area (Å²) in [7, 11) is 0. The largest absolute Gasteiger partial charge is 0.371 e. The third-order valence-electron chi connectivity index (χ3n) is 3.35. The summed E-state index contributed by atoms with van der Waals surface area (Å²) in [5, 5.41) is 0. The summed E-state index contributed by atoms with van der Waals surface area (Å²) in [4.78, 5) is 24.0. The Bertz CT molecular complexity index is 468. The normalized spacial score (nSPS) is 16.6. The first-order valence-corrected chi connectivity index (χ1v) is 5.91. The van der Waals surface area contributed by atoms with Crippen LogP contribution in [0.15, 0.2) is 18.2 Å². The predicted molar refractivity (Wildman–Crippen MR) is 65.9 cm³/mol. The Morgan fingerprint density at radius 2 is 2.06 bits per heavy atom. The van der Waals surface area contributed by atoms with Gasteiger partial charge >= 0.3 is 0 Å². The van der Waals surface area contributed by atoms with Crippen LogP contribution in [0.1, 0.15) is 23.2 Å². The van der Waals surface area contributed by atoms with E-state index in [1.54, 1.807) is 6.07 Å². The van der Waals surface area contributed by atoms with Gasteiger partial charge in [-0.25, -0.2) is 4.39 Å². The maximum absolute atomic E-state index is 13.0. The molecular formula is C13H15FN2O2. The van der Waals surface area contributed by atoms with E-state index in [1.807, 2.05) is 4.90 Å². The molecule has 1 aliphatic heterocycles. The Hall–Kier alpha value is -1.91. The van der Waals surface area contributed by atoms with Gasteiger partial charge in [0.2, 0.25) is 5.91 Å². The Balaban J connectivity index is 2.14. The van der Waals surface area contributed by atoms with Gasteiger partial charge in [0.15, 0.2) is 6.29 Å². The fourth-order valence-corrected chi connectivity index (χ4v) is 2.31.